The minimum Gasteiger partial charge on any atom is -0.489 e. The van der Waals surface area contributed by atoms with Gasteiger partial charge in [0.2, 0.25) is 23.4 Å². The number of aliphatic imine (C=N–C) groups is 2. The molecule has 0 bridgehead atoms. The van der Waals surface area contributed by atoms with E-state index in [2.05, 4.69) is 55.8 Å². The van der Waals surface area contributed by atoms with Crippen molar-refractivity contribution in [2.45, 2.75) is 115 Å². The van der Waals surface area contributed by atoms with E-state index in [-0.39, 0.29) is 23.4 Å². The van der Waals surface area contributed by atoms with Crippen molar-refractivity contribution < 1.29 is 38.7 Å². The third kappa shape index (κ3) is 10.6. The Kier molecular flexibility index (Phi) is 14.4. The Morgan fingerprint density at radius 2 is 1.16 bits per heavy atom. The third-order valence-corrected chi connectivity index (χ3v) is 14.5. The fourth-order valence-corrected chi connectivity index (χ4v) is 10.7. The molecule has 2 saturated heterocycles. The van der Waals surface area contributed by atoms with E-state index in [4.69, 9.17) is 65.4 Å². The zero-order chi connectivity index (χ0) is 50.3. The fourth-order valence-electron chi connectivity index (χ4n) is 10.4. The summed E-state index contributed by atoms with van der Waals surface area (Å²) in [6.07, 6.45) is 4.95. The molecule has 6 N–H and O–H groups in total. The van der Waals surface area contributed by atoms with Crippen LogP contribution in [-0.4, -0.2) is 89.9 Å². The highest BCUT2D eigenvalue weighted by atomic mass is 79.9. The summed E-state index contributed by atoms with van der Waals surface area (Å²) in [7, 11) is 2.06. The Labute approximate surface area is 419 Å². The van der Waals surface area contributed by atoms with Crippen molar-refractivity contribution in [3.05, 3.63) is 111 Å². The molecule has 0 aliphatic carbocycles. The van der Waals surface area contributed by atoms with Gasteiger partial charge >= 0.3 is 7.12 Å². The van der Waals surface area contributed by atoms with Gasteiger partial charge in [0, 0.05) is 56.5 Å². The second kappa shape index (κ2) is 19.8. The minimum atomic E-state index is -1.50. The Morgan fingerprint density at radius 3 is 1.63 bits per heavy atom. The molecule has 4 aromatic rings. The van der Waals surface area contributed by atoms with Crippen molar-refractivity contribution in [1.82, 2.24) is 10.1 Å². The quantitative estimate of drug-likeness (QED) is 0.152. The number of rotatable bonds is 4. The molecule has 6 atom stereocenters. The average Bonchev–Trinajstić information content (AvgIpc) is 3.77. The number of ether oxygens (including phenoxy) is 4. The number of halogens is 1. The van der Waals surface area contributed by atoms with Gasteiger partial charge in [-0.15, -0.1) is 0 Å². The van der Waals surface area contributed by atoms with Crippen LogP contribution in [0.25, 0.3) is 11.1 Å². The molecule has 6 unspecified atom stereocenters. The summed E-state index contributed by atoms with van der Waals surface area (Å²) in [5.41, 5.74) is 17.2. The van der Waals surface area contributed by atoms with E-state index in [1.807, 2.05) is 61.5 Å². The topological polar surface area (TPSA) is 227 Å². The fraction of sp³-hybridized carbons (Fsp3) is 0.462. The van der Waals surface area contributed by atoms with E-state index in [0.717, 1.165) is 88.2 Å². The molecule has 70 heavy (non-hydrogen) atoms. The number of guanidine groups is 2. The summed E-state index contributed by atoms with van der Waals surface area (Å²) in [6.45, 7) is 13.8. The zero-order valence-electron chi connectivity index (χ0n) is 41.0. The largest absolute Gasteiger partial charge is 0.489 e. The van der Waals surface area contributed by atoms with Gasteiger partial charge in [0.1, 0.15) is 23.7 Å². The number of hydrogen-bond acceptors (Lipinski definition) is 16. The van der Waals surface area contributed by atoms with Gasteiger partial charge < -0.3 is 40.5 Å². The summed E-state index contributed by atoms with van der Waals surface area (Å²) in [6, 6.07) is 26.8. The number of hydrogen-bond donors (Lipinski definition) is 4. The molecule has 16 nitrogen and oxygen atoms in total. The molecule has 6 heterocycles. The molecule has 4 aromatic carbocycles. The normalized spacial score (nSPS) is 26.9. The van der Waals surface area contributed by atoms with Crippen LogP contribution in [0.15, 0.2) is 87.3 Å². The lowest BCUT2D eigenvalue weighted by molar-refractivity contribution is -0.199. The smallest absolute Gasteiger partial charge is 0.488 e. The van der Waals surface area contributed by atoms with Crippen LogP contribution >= 0.6 is 15.9 Å². The van der Waals surface area contributed by atoms with E-state index in [1.54, 1.807) is 38.2 Å². The maximum absolute atomic E-state index is 9.37. The van der Waals surface area contributed by atoms with Crippen molar-refractivity contribution in [2.75, 3.05) is 27.3 Å². The number of nitriles is 2. The molecule has 2 fully saturated rings. The summed E-state index contributed by atoms with van der Waals surface area (Å²) in [5.74, 6) is 3.04. The van der Waals surface area contributed by atoms with Gasteiger partial charge in [-0.1, -0.05) is 39.7 Å². The predicted molar refractivity (Wildman–Crippen MR) is 269 cm³/mol. The van der Waals surface area contributed by atoms with E-state index in [9.17, 15) is 5.26 Å². The standard InChI is InChI=1S/C26H30N4O3.C18H24BrN3O3.C8H8BNO2/c1-16-5-6-17(15-27)11-20(16)18-7-8-22-21(12-18)26(29-24(28)30(4)33-26)14-23(32-22)19-9-10-31-25(2,3)13-19;1-17(2)9-11(6-7-23-17)15-10-18(21-16(20)22(3)25-18)13-8-12(19)4-5-14(13)24-15;1-6-2-3-7(5-10)4-8(6)9(11)12/h5-8,11-12,19,23H,9-10,13-14H2,1-4H3,(H2,28,29);4-5,8,11,15H,6-7,9-10H2,1-3H3,(H2,20,21);2-4,11-12H,1H3. The average molecular weight is 1020 g/mol. The Morgan fingerprint density at radius 1 is 0.671 bits per heavy atom. The van der Waals surface area contributed by atoms with Gasteiger partial charge in [0.25, 0.3) is 0 Å². The molecule has 2 spiro atoms. The Hall–Kier alpha value is -5.70. The summed E-state index contributed by atoms with van der Waals surface area (Å²) >= 11 is 3.54. The Balaban J connectivity index is 0.000000156. The third-order valence-electron chi connectivity index (χ3n) is 14.0. The maximum Gasteiger partial charge on any atom is 0.488 e. The highest BCUT2D eigenvalue weighted by Crippen LogP contribution is 2.51. The first-order valence-electron chi connectivity index (χ1n) is 23.6. The summed E-state index contributed by atoms with van der Waals surface area (Å²) < 4.78 is 25.7. The van der Waals surface area contributed by atoms with Gasteiger partial charge in [0.05, 0.1) is 45.6 Å². The van der Waals surface area contributed by atoms with Crippen LogP contribution < -0.4 is 26.4 Å². The lowest BCUT2D eigenvalue weighted by atomic mass is 9.77. The molecular weight excluding hydrogens is 955 g/mol. The molecule has 0 amide bonds. The number of fused-ring (bicyclic) bond motifs is 4. The van der Waals surface area contributed by atoms with Gasteiger partial charge in [-0.25, -0.2) is 29.8 Å². The maximum atomic E-state index is 9.37. The van der Waals surface area contributed by atoms with Crippen LogP contribution in [0, 0.1) is 48.3 Å². The molecule has 6 aliphatic heterocycles. The molecule has 0 radical (unpaired) electrons. The van der Waals surface area contributed by atoms with Crippen molar-refractivity contribution >= 4 is 40.4 Å². The first kappa shape index (κ1) is 50.7. The number of aryl methyl sites for hydroxylation is 2. The number of nitrogens with zero attached hydrogens (tertiary/aromatic N) is 6. The van der Waals surface area contributed by atoms with Gasteiger partial charge in [-0.05, 0) is 144 Å². The van der Waals surface area contributed by atoms with E-state index in [1.165, 1.54) is 11.1 Å². The van der Waals surface area contributed by atoms with Crippen molar-refractivity contribution in [1.29, 1.82) is 10.5 Å². The van der Waals surface area contributed by atoms with Crippen LogP contribution in [0.2, 0.25) is 0 Å². The first-order chi connectivity index (χ1) is 33.1. The van der Waals surface area contributed by atoms with E-state index < -0.39 is 18.6 Å². The van der Waals surface area contributed by atoms with Crippen LogP contribution in [0.3, 0.4) is 0 Å². The van der Waals surface area contributed by atoms with E-state index >= 15 is 0 Å². The number of benzene rings is 4. The monoisotopic (exact) mass is 1020 g/mol. The SMILES string of the molecule is CN1OC2(CC(C3CCOC(C)(C)C3)Oc3ccc(Br)cc32)N=C1N.Cc1ccc(C#N)cc1-c1ccc2c(c1)C1(CC(C3CCOC(C)(C)C3)O2)N=C(N)N(C)O1.Cc1ccc(C#N)cc1B(O)O. The summed E-state index contributed by atoms with van der Waals surface area (Å²) in [5, 5.41) is 38.7. The second-order valence-corrected chi connectivity index (χ2v) is 21.1. The van der Waals surface area contributed by atoms with Crippen LogP contribution in [-0.2, 0) is 30.6 Å². The highest BCUT2D eigenvalue weighted by molar-refractivity contribution is 9.10. The summed E-state index contributed by atoms with van der Waals surface area (Å²) in [4.78, 5) is 21.9. The predicted octanol–water partition coefficient (Wildman–Crippen LogP) is 6.93. The van der Waals surface area contributed by atoms with Crippen LogP contribution in [0.1, 0.15) is 99.6 Å². The van der Waals surface area contributed by atoms with Crippen molar-refractivity contribution in [3.63, 3.8) is 0 Å². The van der Waals surface area contributed by atoms with Crippen LogP contribution in [0.5, 0.6) is 11.5 Å². The molecule has 0 aromatic heterocycles. The van der Waals surface area contributed by atoms with Gasteiger partial charge in [0.15, 0.2) is 0 Å². The Bertz CT molecular complexity index is 2780. The molecular formula is C52H62BBrN8O8. The zero-order valence-corrected chi connectivity index (χ0v) is 42.6. The van der Waals surface area contributed by atoms with Crippen molar-refractivity contribution in [2.24, 2.45) is 33.3 Å². The van der Waals surface area contributed by atoms with Gasteiger partial charge in [-0.3, -0.25) is 0 Å². The number of nitrogens with two attached hydrogens (primary N) is 2. The molecule has 368 valence electrons. The molecule has 18 heteroatoms. The van der Waals surface area contributed by atoms with Crippen molar-refractivity contribution in [3.8, 4) is 34.8 Å². The van der Waals surface area contributed by atoms with Crippen LogP contribution in [0.4, 0.5) is 0 Å². The van der Waals surface area contributed by atoms with E-state index in [0.29, 0.717) is 53.2 Å². The lowest BCUT2D eigenvalue weighted by Crippen LogP contribution is -2.46. The minimum absolute atomic E-state index is 0.0138. The lowest BCUT2D eigenvalue weighted by Gasteiger charge is -2.44. The number of hydroxylamine groups is 4. The molecule has 0 saturated carbocycles. The molecule has 6 aliphatic rings. The van der Waals surface area contributed by atoms with Gasteiger partial charge in [-0.2, -0.15) is 10.5 Å². The second-order valence-electron chi connectivity index (χ2n) is 20.2. The molecule has 10 rings (SSSR count). The highest BCUT2D eigenvalue weighted by Gasteiger charge is 2.53. The first-order valence-corrected chi connectivity index (χ1v) is 24.4.